The molecule has 0 aliphatic carbocycles. The van der Waals surface area contributed by atoms with Crippen LogP contribution in [0.3, 0.4) is 0 Å². The topological polar surface area (TPSA) is 86.2 Å². The highest BCUT2D eigenvalue weighted by Gasteiger charge is 2.50. The molecule has 28 heavy (non-hydrogen) atoms. The number of fused-ring (bicyclic) bond motifs is 1. The molecular formula is C21H23NO6. The van der Waals surface area contributed by atoms with Crippen LogP contribution >= 0.6 is 0 Å². The van der Waals surface area contributed by atoms with Crippen molar-refractivity contribution >= 4 is 5.91 Å². The van der Waals surface area contributed by atoms with Gasteiger partial charge in [-0.25, -0.2) is 0 Å². The quantitative estimate of drug-likeness (QED) is 0.832. The number of carbonyl (C=O) groups is 1. The minimum absolute atomic E-state index is 0.250. The molecule has 4 rings (SSSR count). The third kappa shape index (κ3) is 3.80. The molecule has 2 heterocycles. The maximum Gasteiger partial charge on any atom is 0.251 e. The van der Waals surface area contributed by atoms with Crippen LogP contribution in [0.1, 0.15) is 22.2 Å². The number of aliphatic hydroxyl groups excluding tert-OH is 1. The van der Waals surface area contributed by atoms with Gasteiger partial charge in [-0.1, -0.05) is 48.5 Å². The lowest BCUT2D eigenvalue weighted by molar-refractivity contribution is -0.340. The number of nitrogens with one attached hydrogen (secondary N) is 1. The van der Waals surface area contributed by atoms with Crippen molar-refractivity contribution in [2.45, 2.75) is 36.9 Å². The molecule has 2 saturated heterocycles. The van der Waals surface area contributed by atoms with Crippen molar-refractivity contribution in [2.75, 3.05) is 13.7 Å². The molecule has 2 N–H and O–H groups in total. The van der Waals surface area contributed by atoms with E-state index in [-0.39, 0.29) is 12.5 Å². The summed E-state index contributed by atoms with van der Waals surface area (Å²) in [6, 6.07) is 17.5. The first-order valence-electron chi connectivity index (χ1n) is 9.21. The summed E-state index contributed by atoms with van der Waals surface area (Å²) in [5, 5.41) is 13.8. The molecule has 2 fully saturated rings. The van der Waals surface area contributed by atoms with E-state index in [4.69, 9.17) is 18.9 Å². The fraction of sp³-hybridized carbons (Fsp3) is 0.381. The van der Waals surface area contributed by atoms with Crippen molar-refractivity contribution in [1.29, 1.82) is 0 Å². The Morgan fingerprint density at radius 3 is 2.43 bits per heavy atom. The van der Waals surface area contributed by atoms with Crippen molar-refractivity contribution in [1.82, 2.24) is 5.32 Å². The minimum Gasteiger partial charge on any atom is -0.388 e. The van der Waals surface area contributed by atoms with Crippen LogP contribution in [0, 0.1) is 0 Å². The van der Waals surface area contributed by atoms with Gasteiger partial charge in [-0.05, 0) is 12.1 Å². The molecule has 2 aromatic rings. The molecule has 0 radical (unpaired) electrons. The van der Waals surface area contributed by atoms with E-state index >= 15 is 0 Å². The summed E-state index contributed by atoms with van der Waals surface area (Å²) in [5.41, 5.74) is 1.34. The molecular weight excluding hydrogens is 362 g/mol. The van der Waals surface area contributed by atoms with E-state index in [0.717, 1.165) is 5.56 Å². The molecule has 2 aliphatic rings. The molecule has 1 amide bonds. The van der Waals surface area contributed by atoms with Gasteiger partial charge in [0.15, 0.2) is 12.6 Å². The lowest BCUT2D eigenvalue weighted by Gasteiger charge is -2.47. The second-order valence-corrected chi connectivity index (χ2v) is 6.81. The lowest BCUT2D eigenvalue weighted by Crippen LogP contribution is -2.66. The van der Waals surface area contributed by atoms with Gasteiger partial charge < -0.3 is 29.4 Å². The van der Waals surface area contributed by atoms with Crippen molar-refractivity contribution in [3.05, 3.63) is 71.8 Å². The van der Waals surface area contributed by atoms with Gasteiger partial charge in [-0.15, -0.1) is 0 Å². The van der Waals surface area contributed by atoms with E-state index < -0.39 is 36.9 Å². The van der Waals surface area contributed by atoms with E-state index in [1.165, 1.54) is 7.11 Å². The first-order valence-corrected chi connectivity index (χ1v) is 9.21. The normalized spacial score (nSPS) is 32.4. The number of methoxy groups -OCH3 is 1. The highest BCUT2D eigenvalue weighted by Crippen LogP contribution is 2.34. The summed E-state index contributed by atoms with van der Waals surface area (Å²) in [5.74, 6) is -0.319. The van der Waals surface area contributed by atoms with Crippen LogP contribution in [0.4, 0.5) is 0 Å². The zero-order valence-corrected chi connectivity index (χ0v) is 15.4. The van der Waals surface area contributed by atoms with Crippen LogP contribution in [0.15, 0.2) is 60.7 Å². The number of hydrogen-bond donors (Lipinski definition) is 2. The summed E-state index contributed by atoms with van der Waals surface area (Å²) in [4.78, 5) is 12.6. The van der Waals surface area contributed by atoms with Gasteiger partial charge in [0.05, 0.1) is 6.61 Å². The summed E-state index contributed by atoms with van der Waals surface area (Å²) < 4.78 is 23.0. The monoisotopic (exact) mass is 385 g/mol. The predicted octanol–water partition coefficient (Wildman–Crippen LogP) is 1.63. The van der Waals surface area contributed by atoms with Crippen molar-refractivity contribution in [3.63, 3.8) is 0 Å². The second-order valence-electron chi connectivity index (χ2n) is 6.81. The molecule has 148 valence electrons. The number of ether oxygens (including phenoxy) is 4. The van der Waals surface area contributed by atoms with E-state index in [1.54, 1.807) is 24.3 Å². The summed E-state index contributed by atoms with van der Waals surface area (Å²) >= 11 is 0. The molecule has 2 aliphatic heterocycles. The van der Waals surface area contributed by atoms with Gasteiger partial charge in [0.25, 0.3) is 5.91 Å². The van der Waals surface area contributed by atoms with Gasteiger partial charge >= 0.3 is 0 Å². The number of rotatable bonds is 4. The summed E-state index contributed by atoms with van der Waals surface area (Å²) in [6.07, 6.45) is -3.60. The van der Waals surface area contributed by atoms with E-state index in [2.05, 4.69) is 5.32 Å². The van der Waals surface area contributed by atoms with Crippen LogP contribution in [0.25, 0.3) is 0 Å². The van der Waals surface area contributed by atoms with Gasteiger partial charge in [0.1, 0.15) is 24.4 Å². The number of aliphatic hydroxyl groups is 1. The van der Waals surface area contributed by atoms with E-state index in [0.29, 0.717) is 5.56 Å². The van der Waals surface area contributed by atoms with Gasteiger partial charge in [-0.3, -0.25) is 4.79 Å². The Morgan fingerprint density at radius 1 is 1.07 bits per heavy atom. The van der Waals surface area contributed by atoms with Crippen LogP contribution in [0.5, 0.6) is 0 Å². The molecule has 2 aromatic carbocycles. The lowest BCUT2D eigenvalue weighted by atomic mass is 9.95. The van der Waals surface area contributed by atoms with Crippen LogP contribution < -0.4 is 5.32 Å². The fourth-order valence-electron chi connectivity index (χ4n) is 3.55. The summed E-state index contributed by atoms with van der Waals surface area (Å²) in [6.45, 7) is 0.250. The number of carbonyl (C=O) groups excluding carboxylic acids is 1. The highest BCUT2D eigenvalue weighted by atomic mass is 16.7. The molecule has 0 spiro atoms. The maximum absolute atomic E-state index is 12.6. The van der Waals surface area contributed by atoms with E-state index in [1.807, 2.05) is 36.4 Å². The fourth-order valence-corrected chi connectivity index (χ4v) is 3.55. The number of hydrogen-bond acceptors (Lipinski definition) is 6. The molecule has 0 saturated carbocycles. The molecule has 7 nitrogen and oxygen atoms in total. The molecule has 6 atom stereocenters. The standard InChI is InChI=1S/C21H23NO6/c1-25-21-16(22-19(24)13-8-4-2-5-9-13)17(23)18-15(27-21)12-26-20(28-18)14-10-6-3-7-11-14/h2-11,15-18,20-21,23H,12H2,1H3,(H,22,24)/t15-,16-,17-,18-,20+,21-/m1/s1. The van der Waals surface area contributed by atoms with Crippen LogP contribution in [0.2, 0.25) is 0 Å². The minimum atomic E-state index is -1.02. The zero-order valence-electron chi connectivity index (χ0n) is 15.4. The van der Waals surface area contributed by atoms with Gasteiger partial charge in [0, 0.05) is 18.2 Å². The first-order chi connectivity index (χ1) is 13.7. The average Bonchev–Trinajstić information content (AvgIpc) is 2.76. The second kappa shape index (κ2) is 8.38. The van der Waals surface area contributed by atoms with Crippen LogP contribution in [-0.2, 0) is 18.9 Å². The average molecular weight is 385 g/mol. The van der Waals surface area contributed by atoms with Crippen molar-refractivity contribution < 1.29 is 28.8 Å². The maximum atomic E-state index is 12.6. The Labute approximate surface area is 163 Å². The molecule has 0 unspecified atom stereocenters. The largest absolute Gasteiger partial charge is 0.388 e. The van der Waals surface area contributed by atoms with Crippen molar-refractivity contribution in [2.24, 2.45) is 0 Å². The molecule has 7 heteroatoms. The zero-order chi connectivity index (χ0) is 19.5. The summed E-state index contributed by atoms with van der Waals surface area (Å²) in [7, 11) is 1.47. The predicted molar refractivity (Wildman–Crippen MR) is 99.4 cm³/mol. The number of amides is 1. The Balaban J connectivity index is 1.50. The highest BCUT2D eigenvalue weighted by molar-refractivity contribution is 5.94. The van der Waals surface area contributed by atoms with Crippen molar-refractivity contribution in [3.8, 4) is 0 Å². The Kier molecular flexibility index (Phi) is 5.70. The first kappa shape index (κ1) is 19.0. The third-order valence-corrected chi connectivity index (χ3v) is 5.00. The van der Waals surface area contributed by atoms with Crippen LogP contribution in [-0.4, -0.2) is 55.4 Å². The number of benzene rings is 2. The Hall–Kier alpha value is -2.29. The SMILES string of the molecule is CO[C@@H]1O[C@@H]2CO[C@H](c3ccccc3)O[C@H]2[C@H](O)[C@H]1NC(=O)c1ccccc1. The third-order valence-electron chi connectivity index (χ3n) is 5.00. The Morgan fingerprint density at radius 2 is 1.75 bits per heavy atom. The Bertz CT molecular complexity index is 786. The van der Waals surface area contributed by atoms with E-state index in [9.17, 15) is 9.90 Å². The van der Waals surface area contributed by atoms with Gasteiger partial charge in [0.2, 0.25) is 0 Å². The smallest absolute Gasteiger partial charge is 0.251 e. The molecule has 0 bridgehead atoms. The molecule has 0 aromatic heterocycles. The van der Waals surface area contributed by atoms with Gasteiger partial charge in [-0.2, -0.15) is 0 Å².